The lowest BCUT2D eigenvalue weighted by Gasteiger charge is -2.17. The second-order valence-electron chi connectivity index (χ2n) is 4.41. The molecule has 0 aliphatic heterocycles. The highest BCUT2D eigenvalue weighted by atomic mass is 32.1. The second kappa shape index (κ2) is 8.75. The van der Waals surface area contributed by atoms with E-state index in [9.17, 15) is 4.79 Å². The Kier molecular flexibility index (Phi) is 7.31. The molecule has 4 nitrogen and oxygen atoms in total. The Hall–Kier alpha value is -1.35. The molecule has 0 atom stereocenters. The average molecular weight is 293 g/mol. The van der Waals surface area contributed by atoms with Crippen molar-refractivity contribution in [3.8, 4) is 11.8 Å². The Morgan fingerprint density at radius 1 is 1.45 bits per heavy atom. The van der Waals surface area contributed by atoms with Gasteiger partial charge in [0.1, 0.15) is 0 Å². The molecule has 0 aliphatic rings. The first-order chi connectivity index (χ1) is 9.62. The molecular formula is C15H23N3OS. The van der Waals surface area contributed by atoms with Crippen molar-refractivity contribution in [2.75, 3.05) is 32.7 Å². The first kappa shape index (κ1) is 16.7. The lowest BCUT2D eigenvalue weighted by molar-refractivity contribution is 0.0953. The lowest BCUT2D eigenvalue weighted by atomic mass is 10.2. The van der Waals surface area contributed by atoms with Crippen LogP contribution < -0.4 is 11.1 Å². The smallest absolute Gasteiger partial charge is 0.261 e. The van der Waals surface area contributed by atoms with Crippen molar-refractivity contribution in [1.29, 1.82) is 0 Å². The predicted octanol–water partition coefficient (Wildman–Crippen LogP) is 1.44. The first-order valence-electron chi connectivity index (χ1n) is 6.92. The summed E-state index contributed by atoms with van der Waals surface area (Å²) in [5, 5.41) is 2.95. The number of hydrogen-bond acceptors (Lipinski definition) is 4. The standard InChI is InChI=1S/C15H23N3OS/c1-4-18(5-2)10-9-17-15(19)14-11-12(3)13(20-14)7-6-8-16/h11H,4-5,8-10,16H2,1-3H3,(H,17,19). The van der Waals surface area contributed by atoms with Crippen molar-refractivity contribution in [3.63, 3.8) is 0 Å². The summed E-state index contributed by atoms with van der Waals surface area (Å²) in [6.45, 7) is 10.1. The molecule has 5 heteroatoms. The maximum absolute atomic E-state index is 12.1. The van der Waals surface area contributed by atoms with Crippen LogP contribution in [0.3, 0.4) is 0 Å². The van der Waals surface area contributed by atoms with Crippen molar-refractivity contribution >= 4 is 17.2 Å². The molecule has 0 aliphatic carbocycles. The van der Waals surface area contributed by atoms with Gasteiger partial charge in [0.25, 0.3) is 5.91 Å². The highest BCUT2D eigenvalue weighted by Crippen LogP contribution is 2.20. The van der Waals surface area contributed by atoms with Gasteiger partial charge in [0.2, 0.25) is 0 Å². The number of carbonyl (C=O) groups excluding carboxylic acids is 1. The Bertz CT molecular complexity index is 495. The van der Waals surface area contributed by atoms with Gasteiger partial charge in [0.15, 0.2) is 0 Å². The monoisotopic (exact) mass is 293 g/mol. The molecule has 0 radical (unpaired) electrons. The number of nitrogens with one attached hydrogen (secondary N) is 1. The lowest BCUT2D eigenvalue weighted by Crippen LogP contribution is -2.34. The van der Waals surface area contributed by atoms with Crippen LogP contribution in [0.5, 0.6) is 0 Å². The van der Waals surface area contributed by atoms with Gasteiger partial charge in [-0.05, 0) is 31.6 Å². The SMILES string of the molecule is CCN(CC)CCNC(=O)c1cc(C)c(C#CCN)s1. The molecule has 0 fully saturated rings. The quantitative estimate of drug-likeness (QED) is 0.780. The summed E-state index contributed by atoms with van der Waals surface area (Å²) in [7, 11) is 0. The van der Waals surface area contributed by atoms with Gasteiger partial charge in [0, 0.05) is 13.1 Å². The van der Waals surface area contributed by atoms with Crippen molar-refractivity contribution < 1.29 is 4.79 Å². The number of nitrogens with zero attached hydrogens (tertiary/aromatic N) is 1. The van der Waals surface area contributed by atoms with E-state index in [1.54, 1.807) is 0 Å². The number of nitrogens with two attached hydrogens (primary N) is 1. The van der Waals surface area contributed by atoms with Crippen molar-refractivity contribution in [1.82, 2.24) is 10.2 Å². The van der Waals surface area contributed by atoms with Crippen molar-refractivity contribution in [2.45, 2.75) is 20.8 Å². The third-order valence-electron chi connectivity index (χ3n) is 3.05. The Morgan fingerprint density at radius 3 is 2.75 bits per heavy atom. The summed E-state index contributed by atoms with van der Waals surface area (Å²) in [4.78, 5) is 16.0. The fourth-order valence-electron chi connectivity index (χ4n) is 1.80. The highest BCUT2D eigenvalue weighted by molar-refractivity contribution is 7.14. The number of hydrogen-bond donors (Lipinski definition) is 2. The van der Waals surface area contributed by atoms with Crippen LogP contribution in [0.2, 0.25) is 0 Å². The fraction of sp³-hybridized carbons (Fsp3) is 0.533. The number of carbonyl (C=O) groups is 1. The number of likely N-dealkylation sites (N-methyl/N-ethyl adjacent to an activating group) is 1. The summed E-state index contributed by atoms with van der Waals surface area (Å²) in [6, 6.07) is 1.89. The molecule has 0 saturated heterocycles. The van der Waals surface area contributed by atoms with Crippen LogP contribution in [0.4, 0.5) is 0 Å². The van der Waals surface area contributed by atoms with Gasteiger partial charge in [-0.25, -0.2) is 0 Å². The molecule has 1 amide bonds. The Labute approximate surface area is 125 Å². The van der Waals surface area contributed by atoms with E-state index in [0.29, 0.717) is 18.0 Å². The Balaban J connectivity index is 2.56. The number of thiophene rings is 1. The van der Waals surface area contributed by atoms with E-state index >= 15 is 0 Å². The van der Waals surface area contributed by atoms with Crippen LogP contribution in [0.1, 0.15) is 34.0 Å². The zero-order valence-corrected chi connectivity index (χ0v) is 13.3. The van der Waals surface area contributed by atoms with Crippen LogP contribution in [-0.4, -0.2) is 43.5 Å². The van der Waals surface area contributed by atoms with E-state index in [1.165, 1.54) is 11.3 Å². The molecule has 0 aromatic carbocycles. The molecule has 110 valence electrons. The second-order valence-corrected chi connectivity index (χ2v) is 5.46. The van der Waals surface area contributed by atoms with E-state index in [2.05, 4.69) is 35.9 Å². The van der Waals surface area contributed by atoms with Crippen LogP contribution >= 0.6 is 11.3 Å². The molecule has 3 N–H and O–H groups in total. The van der Waals surface area contributed by atoms with E-state index in [1.807, 2.05) is 13.0 Å². The minimum Gasteiger partial charge on any atom is -0.350 e. The number of rotatable bonds is 6. The summed E-state index contributed by atoms with van der Waals surface area (Å²) < 4.78 is 0. The molecule has 0 saturated carbocycles. The van der Waals surface area contributed by atoms with Crippen molar-refractivity contribution in [2.24, 2.45) is 5.73 Å². The normalized spacial score (nSPS) is 10.2. The molecule has 1 heterocycles. The maximum Gasteiger partial charge on any atom is 0.261 e. The molecule has 20 heavy (non-hydrogen) atoms. The van der Waals surface area contributed by atoms with Gasteiger partial charge < -0.3 is 16.0 Å². The molecule has 1 rings (SSSR count). The van der Waals surface area contributed by atoms with E-state index in [4.69, 9.17) is 5.73 Å². The third-order valence-corrected chi connectivity index (χ3v) is 4.20. The van der Waals surface area contributed by atoms with Gasteiger partial charge in [-0.3, -0.25) is 4.79 Å². The molecule has 1 aromatic rings. The molecule has 0 bridgehead atoms. The summed E-state index contributed by atoms with van der Waals surface area (Å²) in [5.74, 6) is 5.79. The molecular weight excluding hydrogens is 270 g/mol. The zero-order valence-electron chi connectivity index (χ0n) is 12.5. The van der Waals surface area contributed by atoms with Crippen LogP contribution in [-0.2, 0) is 0 Å². The highest BCUT2D eigenvalue weighted by Gasteiger charge is 2.11. The van der Waals surface area contributed by atoms with Gasteiger partial charge >= 0.3 is 0 Å². The largest absolute Gasteiger partial charge is 0.350 e. The van der Waals surface area contributed by atoms with E-state index in [-0.39, 0.29) is 5.91 Å². The summed E-state index contributed by atoms with van der Waals surface area (Å²) in [5.41, 5.74) is 6.39. The van der Waals surface area contributed by atoms with Crippen molar-refractivity contribution in [3.05, 3.63) is 21.4 Å². The number of amides is 1. The minimum absolute atomic E-state index is 0.0222. The summed E-state index contributed by atoms with van der Waals surface area (Å²) in [6.07, 6.45) is 0. The average Bonchev–Trinajstić information content (AvgIpc) is 2.82. The van der Waals surface area contributed by atoms with Gasteiger partial charge in [-0.15, -0.1) is 11.3 Å². The molecule has 0 spiro atoms. The molecule has 0 unspecified atom stereocenters. The van der Waals surface area contributed by atoms with Gasteiger partial charge in [-0.2, -0.15) is 0 Å². The first-order valence-corrected chi connectivity index (χ1v) is 7.73. The van der Waals surface area contributed by atoms with Crippen LogP contribution in [0.25, 0.3) is 0 Å². The van der Waals surface area contributed by atoms with E-state index in [0.717, 1.165) is 30.1 Å². The van der Waals surface area contributed by atoms with Crippen LogP contribution in [0, 0.1) is 18.8 Å². The number of aryl methyl sites for hydroxylation is 1. The maximum atomic E-state index is 12.1. The predicted molar refractivity (Wildman–Crippen MR) is 85.1 cm³/mol. The summed E-state index contributed by atoms with van der Waals surface area (Å²) >= 11 is 1.42. The minimum atomic E-state index is -0.0222. The van der Waals surface area contributed by atoms with E-state index < -0.39 is 0 Å². The Morgan fingerprint density at radius 2 is 2.15 bits per heavy atom. The van der Waals surface area contributed by atoms with Gasteiger partial charge in [0.05, 0.1) is 16.3 Å². The zero-order chi connectivity index (χ0) is 15.0. The topological polar surface area (TPSA) is 58.4 Å². The van der Waals surface area contributed by atoms with Gasteiger partial charge in [-0.1, -0.05) is 25.7 Å². The molecule has 1 aromatic heterocycles. The third kappa shape index (κ3) is 4.97. The van der Waals surface area contributed by atoms with Crippen LogP contribution in [0.15, 0.2) is 6.07 Å². The fourth-order valence-corrected chi connectivity index (χ4v) is 2.77.